The molecule has 16 heavy (non-hydrogen) atoms. The fraction of sp³-hybridized carbons (Fsp3) is 0.867. The number of epoxide rings is 1. The molecule has 1 heteroatoms. The van der Waals surface area contributed by atoms with Crippen molar-refractivity contribution in [2.75, 3.05) is 6.61 Å². The summed E-state index contributed by atoms with van der Waals surface area (Å²) in [5.74, 6) is 2.60. The van der Waals surface area contributed by atoms with E-state index in [-0.39, 0.29) is 5.60 Å². The van der Waals surface area contributed by atoms with Gasteiger partial charge in [-0.2, -0.15) is 0 Å². The Kier molecular flexibility index (Phi) is 1.47. The minimum atomic E-state index is 0.184. The van der Waals surface area contributed by atoms with E-state index >= 15 is 0 Å². The monoisotopic (exact) mass is 218 g/mol. The predicted octanol–water partition coefficient (Wildman–Crippen LogP) is 3.40. The van der Waals surface area contributed by atoms with Gasteiger partial charge < -0.3 is 4.74 Å². The standard InChI is InChI=1S/C15H22O/c1-10-4-6-14-8-11(10)13(2,3)12(14)5-7-15(14)9-16-15/h5,7,10-12H,4,6,8-9H2,1-3H3/t10-,11-,12+,14+,15-/m1/s1. The van der Waals surface area contributed by atoms with Gasteiger partial charge in [0.25, 0.3) is 0 Å². The maximum atomic E-state index is 5.89. The van der Waals surface area contributed by atoms with Gasteiger partial charge in [0, 0.05) is 5.41 Å². The quantitative estimate of drug-likeness (QED) is 0.448. The Morgan fingerprint density at radius 3 is 2.75 bits per heavy atom. The van der Waals surface area contributed by atoms with Crippen molar-refractivity contribution < 1.29 is 4.74 Å². The molecule has 3 fully saturated rings. The van der Waals surface area contributed by atoms with E-state index in [4.69, 9.17) is 4.74 Å². The highest BCUT2D eigenvalue weighted by atomic mass is 16.6. The minimum absolute atomic E-state index is 0.184. The lowest BCUT2D eigenvalue weighted by Crippen LogP contribution is -2.39. The molecule has 0 aromatic rings. The molecular formula is C15H22O. The van der Waals surface area contributed by atoms with E-state index in [1.807, 2.05) is 0 Å². The molecule has 1 saturated heterocycles. The van der Waals surface area contributed by atoms with Crippen molar-refractivity contribution in [1.82, 2.24) is 0 Å². The van der Waals surface area contributed by atoms with E-state index in [1.54, 1.807) is 0 Å². The molecule has 0 amide bonds. The lowest BCUT2D eigenvalue weighted by atomic mass is 9.64. The first-order chi connectivity index (χ1) is 7.52. The van der Waals surface area contributed by atoms with Gasteiger partial charge in [0.15, 0.2) is 0 Å². The van der Waals surface area contributed by atoms with Gasteiger partial charge >= 0.3 is 0 Å². The molecule has 4 rings (SSSR count). The van der Waals surface area contributed by atoms with Crippen LogP contribution in [0.25, 0.3) is 0 Å². The van der Waals surface area contributed by atoms with Gasteiger partial charge in [0.1, 0.15) is 5.60 Å². The van der Waals surface area contributed by atoms with Crippen LogP contribution in [-0.4, -0.2) is 12.2 Å². The first-order valence-electron chi connectivity index (χ1n) is 6.85. The van der Waals surface area contributed by atoms with Gasteiger partial charge in [0.2, 0.25) is 0 Å². The summed E-state index contributed by atoms with van der Waals surface area (Å²) >= 11 is 0. The van der Waals surface area contributed by atoms with Crippen LogP contribution in [-0.2, 0) is 4.74 Å². The average Bonchev–Trinajstić information content (AvgIpc) is 2.89. The zero-order chi connectivity index (χ0) is 11.2. The summed E-state index contributed by atoms with van der Waals surface area (Å²) in [5.41, 5.74) is 1.17. The SMILES string of the molecule is C[C@@H]1CC[C@]23C[C@H]1C(C)(C)[C@@H]2C=C[C@@]31CO1. The summed E-state index contributed by atoms with van der Waals surface area (Å²) in [4.78, 5) is 0. The van der Waals surface area contributed by atoms with Crippen molar-refractivity contribution in [2.24, 2.45) is 28.6 Å². The van der Waals surface area contributed by atoms with Crippen molar-refractivity contribution >= 4 is 0 Å². The highest BCUT2D eigenvalue weighted by Crippen LogP contribution is 2.74. The molecule has 1 aliphatic heterocycles. The second-order valence-electron chi connectivity index (χ2n) is 7.32. The maximum Gasteiger partial charge on any atom is 0.116 e. The molecule has 2 saturated carbocycles. The smallest absolute Gasteiger partial charge is 0.116 e. The first-order valence-corrected chi connectivity index (χ1v) is 6.85. The zero-order valence-corrected chi connectivity index (χ0v) is 10.6. The topological polar surface area (TPSA) is 12.5 Å². The van der Waals surface area contributed by atoms with Crippen LogP contribution in [0.4, 0.5) is 0 Å². The van der Waals surface area contributed by atoms with Crippen LogP contribution in [0.15, 0.2) is 12.2 Å². The van der Waals surface area contributed by atoms with E-state index in [1.165, 1.54) is 19.3 Å². The average molecular weight is 218 g/mol. The number of fused-ring (bicyclic) bond motifs is 1. The van der Waals surface area contributed by atoms with Gasteiger partial charge in [-0.3, -0.25) is 0 Å². The van der Waals surface area contributed by atoms with Gasteiger partial charge in [0.05, 0.1) is 6.61 Å². The summed E-state index contributed by atoms with van der Waals surface area (Å²) in [7, 11) is 0. The van der Waals surface area contributed by atoms with Gasteiger partial charge in [-0.15, -0.1) is 0 Å². The van der Waals surface area contributed by atoms with Crippen LogP contribution in [0.2, 0.25) is 0 Å². The Bertz CT molecular complexity index is 377. The molecule has 1 nitrogen and oxygen atoms in total. The highest BCUT2D eigenvalue weighted by Gasteiger charge is 2.73. The van der Waals surface area contributed by atoms with Crippen LogP contribution < -0.4 is 0 Å². The molecule has 2 spiro atoms. The summed E-state index contributed by atoms with van der Waals surface area (Å²) in [6.07, 6.45) is 9.14. The maximum absolute atomic E-state index is 5.89. The number of hydrogen-bond acceptors (Lipinski definition) is 1. The Labute approximate surface area is 98.2 Å². The second-order valence-corrected chi connectivity index (χ2v) is 7.32. The minimum Gasteiger partial charge on any atom is -0.365 e. The Morgan fingerprint density at radius 2 is 2.06 bits per heavy atom. The molecule has 3 aliphatic carbocycles. The lowest BCUT2D eigenvalue weighted by molar-refractivity contribution is 0.0756. The van der Waals surface area contributed by atoms with Crippen molar-refractivity contribution in [2.45, 2.75) is 45.6 Å². The summed E-state index contributed by atoms with van der Waals surface area (Å²) in [6, 6.07) is 0. The summed E-state index contributed by atoms with van der Waals surface area (Å²) in [5, 5.41) is 0. The van der Waals surface area contributed by atoms with Crippen molar-refractivity contribution in [3.05, 3.63) is 12.2 Å². The molecule has 0 aromatic carbocycles. The molecule has 0 aromatic heterocycles. The fourth-order valence-electron chi connectivity index (χ4n) is 5.56. The Balaban J connectivity index is 1.86. The van der Waals surface area contributed by atoms with E-state index in [9.17, 15) is 0 Å². The van der Waals surface area contributed by atoms with Gasteiger partial charge in [-0.05, 0) is 42.4 Å². The molecule has 88 valence electrons. The van der Waals surface area contributed by atoms with Crippen molar-refractivity contribution in [3.8, 4) is 0 Å². The van der Waals surface area contributed by atoms with Gasteiger partial charge in [-0.25, -0.2) is 0 Å². The number of hydrogen-bond donors (Lipinski definition) is 0. The van der Waals surface area contributed by atoms with Crippen molar-refractivity contribution in [1.29, 1.82) is 0 Å². The first kappa shape index (κ1) is 9.70. The zero-order valence-electron chi connectivity index (χ0n) is 10.6. The molecule has 0 radical (unpaired) electrons. The number of allylic oxidation sites excluding steroid dienone is 1. The van der Waals surface area contributed by atoms with E-state index in [2.05, 4.69) is 32.9 Å². The lowest BCUT2D eigenvalue weighted by Gasteiger charge is -2.39. The second kappa shape index (κ2) is 2.43. The number of ether oxygens (including phenoxy) is 1. The molecule has 0 N–H and O–H groups in total. The van der Waals surface area contributed by atoms with Crippen LogP contribution in [0.5, 0.6) is 0 Å². The predicted molar refractivity (Wildman–Crippen MR) is 64.0 cm³/mol. The summed E-state index contributed by atoms with van der Waals surface area (Å²) < 4.78 is 5.89. The third-order valence-electron chi connectivity index (χ3n) is 6.53. The number of rotatable bonds is 0. The third kappa shape index (κ3) is 0.796. The van der Waals surface area contributed by atoms with Crippen LogP contribution >= 0.6 is 0 Å². The third-order valence-corrected chi connectivity index (χ3v) is 6.53. The summed E-state index contributed by atoms with van der Waals surface area (Å²) in [6.45, 7) is 8.46. The van der Waals surface area contributed by atoms with Gasteiger partial charge in [-0.1, -0.05) is 32.9 Å². The van der Waals surface area contributed by atoms with Crippen LogP contribution in [0.1, 0.15) is 40.0 Å². The molecule has 5 atom stereocenters. The normalized spacial score (nSPS) is 60.3. The van der Waals surface area contributed by atoms with Crippen LogP contribution in [0, 0.1) is 28.6 Å². The molecule has 1 heterocycles. The Hall–Kier alpha value is -0.300. The van der Waals surface area contributed by atoms with E-state index < -0.39 is 0 Å². The largest absolute Gasteiger partial charge is 0.365 e. The highest BCUT2D eigenvalue weighted by molar-refractivity contribution is 5.35. The van der Waals surface area contributed by atoms with E-state index in [0.717, 1.165) is 24.4 Å². The fourth-order valence-corrected chi connectivity index (χ4v) is 5.56. The molecule has 0 unspecified atom stereocenters. The molecule has 4 aliphatic rings. The van der Waals surface area contributed by atoms with E-state index in [0.29, 0.717) is 10.8 Å². The van der Waals surface area contributed by atoms with Crippen LogP contribution in [0.3, 0.4) is 0 Å². The van der Waals surface area contributed by atoms with Crippen molar-refractivity contribution in [3.63, 3.8) is 0 Å². The molecule has 2 bridgehead atoms. The Morgan fingerprint density at radius 1 is 1.31 bits per heavy atom. The molecular weight excluding hydrogens is 196 g/mol.